The van der Waals surface area contributed by atoms with E-state index in [-0.39, 0.29) is 0 Å². The summed E-state index contributed by atoms with van der Waals surface area (Å²) < 4.78 is 0. The second-order valence-corrected chi connectivity index (χ2v) is 9.29. The van der Waals surface area contributed by atoms with Crippen LogP contribution in [0.5, 0.6) is 0 Å². The zero-order valence-corrected chi connectivity index (χ0v) is 18.1. The second kappa shape index (κ2) is 8.22. The number of aryl methyl sites for hydroxylation is 1. The molecule has 0 saturated carbocycles. The molecule has 0 spiro atoms. The average molecular weight is 410 g/mol. The highest BCUT2D eigenvalue weighted by molar-refractivity contribution is 7.10. The van der Waals surface area contributed by atoms with Gasteiger partial charge in [-0.05, 0) is 52.5 Å². The van der Waals surface area contributed by atoms with Crippen molar-refractivity contribution < 1.29 is 0 Å². The summed E-state index contributed by atoms with van der Waals surface area (Å²) in [7, 11) is 0. The monoisotopic (exact) mass is 409 g/mol. The van der Waals surface area contributed by atoms with Gasteiger partial charge < -0.3 is 0 Å². The molecule has 0 fully saturated rings. The molecule has 1 heterocycles. The van der Waals surface area contributed by atoms with Gasteiger partial charge in [-0.1, -0.05) is 97.9 Å². The van der Waals surface area contributed by atoms with Crippen LogP contribution in [0.4, 0.5) is 0 Å². The highest BCUT2D eigenvalue weighted by Gasteiger charge is 2.41. The Morgan fingerprint density at radius 3 is 1.73 bits per heavy atom. The summed E-state index contributed by atoms with van der Waals surface area (Å²) in [5.74, 6) is 0.572. The first-order valence-corrected chi connectivity index (χ1v) is 11.7. The van der Waals surface area contributed by atoms with E-state index in [0.717, 1.165) is 0 Å². The molecule has 0 amide bonds. The fourth-order valence-electron chi connectivity index (χ4n) is 4.93. The van der Waals surface area contributed by atoms with Crippen LogP contribution in [0.1, 0.15) is 46.5 Å². The molecule has 1 aliphatic rings. The van der Waals surface area contributed by atoms with Crippen molar-refractivity contribution in [3.8, 4) is 0 Å². The lowest BCUT2D eigenvalue weighted by Gasteiger charge is -2.43. The van der Waals surface area contributed by atoms with Crippen molar-refractivity contribution >= 4 is 11.3 Å². The van der Waals surface area contributed by atoms with Gasteiger partial charge in [-0.2, -0.15) is 0 Å². The van der Waals surface area contributed by atoms with Gasteiger partial charge in [0.25, 0.3) is 0 Å². The zero-order chi connectivity index (χ0) is 20.4. The maximum atomic E-state index is 4.22. The number of nitrogens with one attached hydrogen (secondary N) is 1. The molecule has 5 rings (SSSR count). The van der Waals surface area contributed by atoms with Crippen LogP contribution in [0.2, 0.25) is 0 Å². The van der Waals surface area contributed by atoms with Gasteiger partial charge in [-0.3, -0.25) is 5.32 Å². The van der Waals surface area contributed by atoms with Gasteiger partial charge in [0.1, 0.15) is 0 Å². The van der Waals surface area contributed by atoms with E-state index in [0.29, 0.717) is 12.0 Å². The van der Waals surface area contributed by atoms with Crippen LogP contribution in [-0.2, 0) is 12.0 Å². The maximum Gasteiger partial charge on any atom is 0.0952 e. The Labute approximate surface area is 183 Å². The molecule has 2 atom stereocenters. The first-order chi connectivity index (χ1) is 14.8. The average Bonchev–Trinajstić information content (AvgIpc) is 3.30. The van der Waals surface area contributed by atoms with Crippen LogP contribution in [0, 0.1) is 5.92 Å². The quantitative estimate of drug-likeness (QED) is 0.352. The molecule has 0 bridgehead atoms. The summed E-state index contributed by atoms with van der Waals surface area (Å²) in [5, 5.41) is 6.47. The smallest absolute Gasteiger partial charge is 0.0952 e. The van der Waals surface area contributed by atoms with Crippen molar-refractivity contribution in [3.05, 3.63) is 130 Å². The first kappa shape index (κ1) is 19.3. The van der Waals surface area contributed by atoms with Gasteiger partial charge in [-0.15, -0.1) is 11.3 Å². The predicted octanol–water partition coefficient (Wildman–Crippen LogP) is 6.95. The lowest BCUT2D eigenvalue weighted by molar-refractivity contribution is 0.291. The lowest BCUT2D eigenvalue weighted by atomic mass is 9.74. The highest BCUT2D eigenvalue weighted by atomic mass is 32.1. The van der Waals surface area contributed by atoms with E-state index in [4.69, 9.17) is 0 Å². The maximum absolute atomic E-state index is 4.22. The summed E-state index contributed by atoms with van der Waals surface area (Å²) in [6.07, 6.45) is 2.42. The molecule has 150 valence electrons. The number of fused-ring (bicyclic) bond motifs is 1. The Morgan fingerprint density at radius 1 is 0.733 bits per heavy atom. The molecule has 1 aliphatic carbocycles. The van der Waals surface area contributed by atoms with E-state index in [1.807, 2.05) is 11.3 Å². The SMILES string of the molecule is CC1CCc2sccc2C1NC(c1ccccc1)(c1ccccc1)c1ccccc1. The van der Waals surface area contributed by atoms with Crippen LogP contribution >= 0.6 is 11.3 Å². The van der Waals surface area contributed by atoms with Crippen molar-refractivity contribution in [1.82, 2.24) is 5.32 Å². The highest BCUT2D eigenvalue weighted by Crippen LogP contribution is 2.44. The third-order valence-electron chi connectivity index (χ3n) is 6.50. The Kier molecular flexibility index (Phi) is 5.28. The molecule has 1 aromatic heterocycles. The van der Waals surface area contributed by atoms with Gasteiger partial charge in [0.05, 0.1) is 5.54 Å². The Balaban J connectivity index is 1.75. The van der Waals surface area contributed by atoms with E-state index in [2.05, 4.69) is 115 Å². The largest absolute Gasteiger partial charge is 0.293 e. The van der Waals surface area contributed by atoms with Crippen molar-refractivity contribution in [2.45, 2.75) is 31.3 Å². The molecule has 0 radical (unpaired) electrons. The molecule has 0 aliphatic heterocycles. The standard InChI is InChI=1S/C28H27NS/c1-21-17-18-26-25(19-20-30-26)27(21)29-28(22-11-5-2-6-12-22,23-13-7-3-8-14-23)24-15-9-4-10-16-24/h2-16,19-21,27,29H,17-18H2,1H3. The Hall–Kier alpha value is -2.68. The van der Waals surface area contributed by atoms with Gasteiger partial charge >= 0.3 is 0 Å². The fraction of sp³-hybridized carbons (Fsp3) is 0.214. The molecule has 2 unspecified atom stereocenters. The normalized spacial score (nSPS) is 18.7. The second-order valence-electron chi connectivity index (χ2n) is 8.29. The summed E-state index contributed by atoms with van der Waals surface area (Å²) >= 11 is 1.90. The molecule has 4 aromatic rings. The summed E-state index contributed by atoms with van der Waals surface area (Å²) in [4.78, 5) is 1.54. The number of benzene rings is 3. The third-order valence-corrected chi connectivity index (χ3v) is 7.50. The van der Waals surface area contributed by atoms with Gasteiger partial charge in [0.2, 0.25) is 0 Å². The minimum atomic E-state index is -0.417. The molecular formula is C28H27NS. The summed E-state index contributed by atoms with van der Waals surface area (Å²) in [6.45, 7) is 2.39. The van der Waals surface area contributed by atoms with E-state index in [9.17, 15) is 0 Å². The summed E-state index contributed by atoms with van der Waals surface area (Å²) in [5.41, 5.74) is 4.89. The van der Waals surface area contributed by atoms with Crippen molar-refractivity contribution in [2.75, 3.05) is 0 Å². The molecule has 2 heteroatoms. The zero-order valence-electron chi connectivity index (χ0n) is 17.3. The summed E-state index contributed by atoms with van der Waals surface area (Å²) in [6, 6.07) is 35.4. The molecule has 0 saturated heterocycles. The van der Waals surface area contributed by atoms with Crippen molar-refractivity contribution in [3.63, 3.8) is 0 Å². The Morgan fingerprint density at radius 2 is 1.23 bits per heavy atom. The molecule has 1 N–H and O–H groups in total. The van der Waals surface area contributed by atoms with Gasteiger partial charge in [0, 0.05) is 10.9 Å². The van der Waals surface area contributed by atoms with E-state index < -0.39 is 5.54 Å². The van der Waals surface area contributed by atoms with Gasteiger partial charge in [0.15, 0.2) is 0 Å². The topological polar surface area (TPSA) is 12.0 Å². The minimum absolute atomic E-state index is 0.306. The van der Waals surface area contributed by atoms with Crippen LogP contribution in [-0.4, -0.2) is 0 Å². The van der Waals surface area contributed by atoms with Crippen LogP contribution < -0.4 is 5.32 Å². The van der Waals surface area contributed by atoms with Crippen LogP contribution in [0.15, 0.2) is 102 Å². The molecule has 3 aromatic carbocycles. The minimum Gasteiger partial charge on any atom is -0.293 e. The van der Waals surface area contributed by atoms with Crippen LogP contribution in [0.25, 0.3) is 0 Å². The molecular weight excluding hydrogens is 382 g/mol. The Bertz CT molecular complexity index is 989. The van der Waals surface area contributed by atoms with Crippen molar-refractivity contribution in [2.24, 2.45) is 5.92 Å². The van der Waals surface area contributed by atoms with Crippen LogP contribution in [0.3, 0.4) is 0 Å². The third kappa shape index (κ3) is 3.30. The fourth-order valence-corrected chi connectivity index (χ4v) is 5.88. The van der Waals surface area contributed by atoms with Gasteiger partial charge in [-0.25, -0.2) is 0 Å². The number of hydrogen-bond donors (Lipinski definition) is 1. The van der Waals surface area contributed by atoms with Crippen molar-refractivity contribution in [1.29, 1.82) is 0 Å². The number of hydrogen-bond acceptors (Lipinski definition) is 2. The number of rotatable bonds is 5. The molecule has 1 nitrogen and oxygen atoms in total. The number of thiophene rings is 1. The predicted molar refractivity (Wildman–Crippen MR) is 127 cm³/mol. The first-order valence-electron chi connectivity index (χ1n) is 10.8. The van der Waals surface area contributed by atoms with E-state index >= 15 is 0 Å². The van der Waals surface area contributed by atoms with E-state index in [1.54, 1.807) is 0 Å². The molecule has 30 heavy (non-hydrogen) atoms. The lowest BCUT2D eigenvalue weighted by Crippen LogP contribution is -2.48. The van der Waals surface area contributed by atoms with E-state index in [1.165, 1.54) is 40.0 Å².